The van der Waals surface area contributed by atoms with Crippen molar-refractivity contribution in [2.75, 3.05) is 29.8 Å². The maximum atomic E-state index is 12.8. The number of aryl methyl sites for hydroxylation is 1. The van der Waals surface area contributed by atoms with Crippen molar-refractivity contribution in [3.05, 3.63) is 53.0 Å². The maximum Gasteiger partial charge on any atom is 0.419 e. The average Bonchev–Trinajstić information content (AvgIpc) is 3.02. The van der Waals surface area contributed by atoms with Gasteiger partial charge in [0.15, 0.2) is 5.58 Å². The lowest BCUT2D eigenvalue weighted by Crippen LogP contribution is -2.36. The van der Waals surface area contributed by atoms with Crippen LogP contribution in [-0.2, 0) is 21.8 Å². The summed E-state index contributed by atoms with van der Waals surface area (Å²) >= 11 is 0. The molecule has 0 amide bonds. The molecule has 1 fully saturated rings. The van der Waals surface area contributed by atoms with Gasteiger partial charge in [-0.3, -0.25) is 9.29 Å². The predicted molar refractivity (Wildman–Crippen MR) is 111 cm³/mol. The van der Waals surface area contributed by atoms with Gasteiger partial charge >= 0.3 is 5.76 Å². The molecule has 0 atom stereocenters. The first-order valence-electron chi connectivity index (χ1n) is 9.37. The monoisotopic (exact) mass is 417 g/mol. The van der Waals surface area contributed by atoms with E-state index in [4.69, 9.17) is 9.15 Å². The van der Waals surface area contributed by atoms with Crippen molar-refractivity contribution in [1.82, 2.24) is 4.57 Å². The Balaban J connectivity index is 1.51. The summed E-state index contributed by atoms with van der Waals surface area (Å²) < 4.78 is 39.8. The van der Waals surface area contributed by atoms with E-state index in [0.717, 1.165) is 31.6 Å². The Morgan fingerprint density at radius 1 is 1.10 bits per heavy atom. The zero-order chi connectivity index (χ0) is 20.6. The number of oxazole rings is 1. The average molecular weight is 417 g/mol. The number of aromatic nitrogens is 1. The van der Waals surface area contributed by atoms with Crippen LogP contribution >= 0.6 is 0 Å². The van der Waals surface area contributed by atoms with E-state index in [-0.39, 0.29) is 4.90 Å². The highest BCUT2D eigenvalue weighted by Crippen LogP contribution is 2.25. The van der Waals surface area contributed by atoms with E-state index in [9.17, 15) is 13.2 Å². The van der Waals surface area contributed by atoms with Crippen molar-refractivity contribution in [1.29, 1.82) is 0 Å². The third-order valence-corrected chi connectivity index (χ3v) is 6.71. The number of sulfonamides is 1. The number of hydrogen-bond acceptors (Lipinski definition) is 6. The van der Waals surface area contributed by atoms with Gasteiger partial charge in [-0.2, -0.15) is 0 Å². The number of nitrogens with one attached hydrogen (secondary N) is 1. The Morgan fingerprint density at radius 2 is 1.79 bits per heavy atom. The van der Waals surface area contributed by atoms with E-state index in [1.54, 1.807) is 19.2 Å². The molecule has 1 aliphatic rings. The van der Waals surface area contributed by atoms with Crippen LogP contribution in [0.15, 0.2) is 56.6 Å². The molecule has 1 N–H and O–H groups in total. The summed E-state index contributed by atoms with van der Waals surface area (Å²) in [6, 6.07) is 11.7. The normalized spacial score (nSPS) is 15.7. The van der Waals surface area contributed by atoms with Gasteiger partial charge in [0.1, 0.15) is 0 Å². The highest BCUT2D eigenvalue weighted by molar-refractivity contribution is 7.92. The van der Waals surface area contributed by atoms with Crippen LogP contribution in [0.25, 0.3) is 11.1 Å². The fourth-order valence-electron chi connectivity index (χ4n) is 3.58. The van der Waals surface area contributed by atoms with Crippen LogP contribution in [0.1, 0.15) is 12.8 Å². The number of fused-ring (bicyclic) bond motifs is 1. The van der Waals surface area contributed by atoms with E-state index in [1.165, 1.54) is 29.8 Å². The van der Waals surface area contributed by atoms with Crippen LogP contribution < -0.4 is 15.4 Å². The zero-order valence-electron chi connectivity index (χ0n) is 16.3. The first-order chi connectivity index (χ1) is 13.9. The molecule has 0 radical (unpaired) electrons. The predicted octanol–water partition coefficient (Wildman–Crippen LogP) is 2.55. The summed E-state index contributed by atoms with van der Waals surface area (Å²) in [5.74, 6) is -0.535. The van der Waals surface area contributed by atoms with Gasteiger partial charge in [0.25, 0.3) is 10.0 Å². The van der Waals surface area contributed by atoms with Gasteiger partial charge in [0.2, 0.25) is 0 Å². The molecule has 0 spiro atoms. The van der Waals surface area contributed by atoms with Crippen molar-refractivity contribution in [3.63, 3.8) is 0 Å². The summed E-state index contributed by atoms with van der Waals surface area (Å²) in [5.41, 5.74) is 2.30. The second-order valence-electron chi connectivity index (χ2n) is 7.13. The Labute approximate surface area is 168 Å². The van der Waals surface area contributed by atoms with Crippen LogP contribution in [0.4, 0.5) is 11.4 Å². The highest BCUT2D eigenvalue weighted by Gasteiger charge is 2.20. The van der Waals surface area contributed by atoms with E-state index in [1.807, 2.05) is 12.1 Å². The van der Waals surface area contributed by atoms with Crippen LogP contribution in [0.2, 0.25) is 0 Å². The molecule has 3 aromatic rings. The number of piperidine rings is 1. The summed E-state index contributed by atoms with van der Waals surface area (Å²) in [5, 5.41) is 0. The molecule has 9 heteroatoms. The van der Waals surface area contributed by atoms with E-state index in [2.05, 4.69) is 9.62 Å². The van der Waals surface area contributed by atoms with Crippen LogP contribution in [-0.4, -0.2) is 39.3 Å². The minimum atomic E-state index is -3.80. The second-order valence-corrected chi connectivity index (χ2v) is 8.81. The van der Waals surface area contributed by atoms with Crippen molar-refractivity contribution >= 4 is 32.5 Å². The minimum Gasteiger partial charge on any atom is -0.408 e. The smallest absolute Gasteiger partial charge is 0.408 e. The first-order valence-corrected chi connectivity index (χ1v) is 10.9. The fourth-order valence-corrected chi connectivity index (χ4v) is 4.66. The molecule has 1 aliphatic heterocycles. The highest BCUT2D eigenvalue weighted by atomic mass is 32.2. The number of rotatable bonds is 5. The summed E-state index contributed by atoms with van der Waals surface area (Å²) in [7, 11) is -0.523. The molecular weight excluding hydrogens is 394 g/mol. The number of ether oxygens (including phenoxy) is 1. The number of methoxy groups -OCH3 is 1. The first kappa shape index (κ1) is 19.5. The van der Waals surface area contributed by atoms with Gasteiger partial charge in [-0.25, -0.2) is 13.2 Å². The molecule has 1 aromatic heterocycles. The van der Waals surface area contributed by atoms with E-state index < -0.39 is 15.8 Å². The molecule has 1 saturated heterocycles. The van der Waals surface area contributed by atoms with Crippen LogP contribution in [0, 0.1) is 0 Å². The molecule has 0 aliphatic carbocycles. The lowest BCUT2D eigenvalue weighted by Gasteiger charge is -2.33. The topological polar surface area (TPSA) is 93.8 Å². The minimum absolute atomic E-state index is 0.0621. The third kappa shape index (κ3) is 3.88. The molecule has 0 unspecified atom stereocenters. The lowest BCUT2D eigenvalue weighted by atomic mass is 10.1. The Kier molecular flexibility index (Phi) is 5.10. The van der Waals surface area contributed by atoms with Gasteiger partial charge in [-0.15, -0.1) is 0 Å². The van der Waals surface area contributed by atoms with Gasteiger partial charge in [-0.05, 0) is 55.3 Å². The van der Waals surface area contributed by atoms with Crippen molar-refractivity contribution < 1.29 is 17.6 Å². The van der Waals surface area contributed by atoms with Crippen molar-refractivity contribution in [2.24, 2.45) is 7.05 Å². The summed E-state index contributed by atoms with van der Waals surface area (Å²) in [6.45, 7) is 1.82. The molecule has 154 valence electrons. The van der Waals surface area contributed by atoms with Gasteiger partial charge in [0.05, 0.1) is 16.5 Å². The van der Waals surface area contributed by atoms with Crippen LogP contribution in [0.5, 0.6) is 0 Å². The van der Waals surface area contributed by atoms with Gasteiger partial charge < -0.3 is 14.1 Å². The largest absolute Gasteiger partial charge is 0.419 e. The molecule has 2 heterocycles. The van der Waals surface area contributed by atoms with Gasteiger partial charge in [-0.1, -0.05) is 0 Å². The zero-order valence-corrected chi connectivity index (χ0v) is 17.1. The third-order valence-electron chi connectivity index (χ3n) is 5.33. The standard InChI is InChI=1S/C20H23N3O5S/c1-22-18-13-17(7-8-19(18)28-20(22)24)29(25,26)21-14-3-5-15(6-4-14)23-11-9-16(27-2)10-12-23/h3-8,13,16,21H,9-12H2,1-2H3. The number of benzene rings is 2. The molecule has 0 saturated carbocycles. The van der Waals surface area contributed by atoms with E-state index >= 15 is 0 Å². The molecule has 0 bridgehead atoms. The molecule has 4 rings (SSSR count). The maximum absolute atomic E-state index is 12.8. The molecule has 2 aromatic carbocycles. The number of hydrogen-bond donors (Lipinski definition) is 1. The van der Waals surface area contributed by atoms with Crippen molar-refractivity contribution in [3.8, 4) is 0 Å². The molecule has 29 heavy (non-hydrogen) atoms. The fraction of sp³-hybridized carbons (Fsp3) is 0.350. The Morgan fingerprint density at radius 3 is 2.45 bits per heavy atom. The quantitative estimate of drug-likeness (QED) is 0.686. The van der Waals surface area contributed by atoms with E-state index in [0.29, 0.717) is 22.9 Å². The summed E-state index contributed by atoms with van der Waals surface area (Å²) in [6.07, 6.45) is 2.26. The lowest BCUT2D eigenvalue weighted by molar-refractivity contribution is 0.0819. The van der Waals surface area contributed by atoms with Gasteiger partial charge in [0, 0.05) is 38.6 Å². The molecular formula is C20H23N3O5S. The Hall–Kier alpha value is -2.78. The van der Waals surface area contributed by atoms with Crippen molar-refractivity contribution in [2.45, 2.75) is 23.8 Å². The number of anilines is 2. The number of nitrogens with zero attached hydrogens (tertiary/aromatic N) is 2. The Bertz CT molecular complexity index is 1170. The second kappa shape index (κ2) is 7.57. The van der Waals surface area contributed by atoms with Crippen LogP contribution in [0.3, 0.4) is 0 Å². The summed E-state index contributed by atoms with van der Waals surface area (Å²) in [4.78, 5) is 13.9. The SMILES string of the molecule is COC1CCN(c2ccc(NS(=O)(=O)c3ccc4oc(=O)n(C)c4c3)cc2)CC1. The molecule has 8 nitrogen and oxygen atoms in total.